The van der Waals surface area contributed by atoms with Crippen LogP contribution in [0.15, 0.2) is 47.4 Å². The first-order valence-corrected chi connectivity index (χ1v) is 6.98. The van der Waals surface area contributed by atoms with E-state index in [4.69, 9.17) is 5.11 Å². The smallest absolute Gasteiger partial charge is 0.261 e. The maximum absolute atomic E-state index is 12.1. The number of benzene rings is 2. The Morgan fingerprint density at radius 3 is 2.21 bits per heavy atom. The number of rotatable bonds is 3. The fourth-order valence-electron chi connectivity index (χ4n) is 1.56. The number of hydrogen-bond donors (Lipinski definition) is 3. The van der Waals surface area contributed by atoms with E-state index in [0.717, 1.165) is 0 Å². The molecular weight excluding hydrogens is 266 g/mol. The highest BCUT2D eigenvalue weighted by atomic mass is 32.2. The number of aryl methyl sites for hydroxylation is 1. The SMILES string of the molecule is Cc1cc(NS(=O)(=O)c2ccc(O)cc2)ccc1O. The summed E-state index contributed by atoms with van der Waals surface area (Å²) in [4.78, 5) is 0.0519. The third-order valence-electron chi connectivity index (χ3n) is 2.60. The molecule has 0 heterocycles. The van der Waals surface area contributed by atoms with Crippen LogP contribution in [0.3, 0.4) is 0 Å². The Morgan fingerprint density at radius 2 is 1.63 bits per heavy atom. The van der Waals surface area contributed by atoms with Crippen molar-refractivity contribution in [2.45, 2.75) is 11.8 Å². The van der Waals surface area contributed by atoms with E-state index in [0.29, 0.717) is 11.3 Å². The second kappa shape index (κ2) is 4.81. The Bertz CT molecular complexity index is 693. The van der Waals surface area contributed by atoms with Crippen molar-refractivity contribution >= 4 is 15.7 Å². The van der Waals surface area contributed by atoms with Crippen LogP contribution in [0.4, 0.5) is 5.69 Å². The molecule has 0 bridgehead atoms. The molecule has 0 fully saturated rings. The predicted octanol–water partition coefficient (Wildman–Crippen LogP) is 2.21. The van der Waals surface area contributed by atoms with Gasteiger partial charge in [-0.3, -0.25) is 4.72 Å². The molecule has 0 radical (unpaired) electrons. The molecule has 0 aliphatic carbocycles. The highest BCUT2D eigenvalue weighted by molar-refractivity contribution is 7.92. The highest BCUT2D eigenvalue weighted by Gasteiger charge is 2.14. The molecule has 0 aliphatic rings. The van der Waals surface area contributed by atoms with Crippen molar-refractivity contribution in [1.82, 2.24) is 0 Å². The van der Waals surface area contributed by atoms with E-state index in [-0.39, 0.29) is 16.4 Å². The molecule has 100 valence electrons. The van der Waals surface area contributed by atoms with E-state index in [1.54, 1.807) is 6.92 Å². The van der Waals surface area contributed by atoms with Gasteiger partial charge in [-0.05, 0) is 55.0 Å². The van der Waals surface area contributed by atoms with Crippen LogP contribution in [0.5, 0.6) is 11.5 Å². The lowest BCUT2D eigenvalue weighted by atomic mass is 10.2. The molecular formula is C13H13NO4S. The molecule has 0 aliphatic heterocycles. The van der Waals surface area contributed by atoms with Gasteiger partial charge in [0.05, 0.1) is 4.90 Å². The number of phenolic OH excluding ortho intramolecular Hbond substituents is 2. The quantitative estimate of drug-likeness (QED) is 0.752. The van der Waals surface area contributed by atoms with Crippen LogP contribution < -0.4 is 4.72 Å². The molecule has 6 heteroatoms. The summed E-state index contributed by atoms with van der Waals surface area (Å²) in [5.74, 6) is 0.104. The van der Waals surface area contributed by atoms with E-state index in [1.807, 2.05) is 0 Å². The van der Waals surface area contributed by atoms with Crippen molar-refractivity contribution < 1.29 is 18.6 Å². The molecule has 0 aromatic heterocycles. The van der Waals surface area contributed by atoms with Gasteiger partial charge in [0, 0.05) is 5.69 Å². The van der Waals surface area contributed by atoms with Gasteiger partial charge in [0.1, 0.15) is 11.5 Å². The third-order valence-corrected chi connectivity index (χ3v) is 3.99. The maximum atomic E-state index is 12.1. The Kier molecular flexibility index (Phi) is 3.35. The fourth-order valence-corrected chi connectivity index (χ4v) is 2.61. The molecule has 2 aromatic rings. The van der Waals surface area contributed by atoms with Crippen LogP contribution in [0.25, 0.3) is 0 Å². The lowest BCUT2D eigenvalue weighted by molar-refractivity contribution is 0.471. The molecule has 0 unspecified atom stereocenters. The van der Waals surface area contributed by atoms with Crippen LogP contribution in [-0.2, 0) is 10.0 Å². The Labute approximate surface area is 111 Å². The normalized spacial score (nSPS) is 11.2. The van der Waals surface area contributed by atoms with Gasteiger partial charge >= 0.3 is 0 Å². The zero-order valence-electron chi connectivity index (χ0n) is 10.2. The first-order chi connectivity index (χ1) is 8.88. The standard InChI is InChI=1S/C13H13NO4S/c1-9-8-10(2-7-13(9)16)14-19(17,18)12-5-3-11(15)4-6-12/h2-8,14-16H,1H3. The summed E-state index contributed by atoms with van der Waals surface area (Å²) >= 11 is 0. The number of nitrogens with one attached hydrogen (secondary N) is 1. The van der Waals surface area contributed by atoms with Crippen molar-refractivity contribution in [3.05, 3.63) is 48.0 Å². The number of phenols is 2. The summed E-state index contributed by atoms with van der Waals surface area (Å²) in [5, 5.41) is 18.5. The lowest BCUT2D eigenvalue weighted by Gasteiger charge is -2.09. The molecule has 0 saturated heterocycles. The Morgan fingerprint density at radius 1 is 1.00 bits per heavy atom. The monoisotopic (exact) mass is 279 g/mol. The van der Waals surface area contributed by atoms with Crippen LogP contribution in [0, 0.1) is 6.92 Å². The summed E-state index contributed by atoms with van der Waals surface area (Å²) < 4.78 is 26.5. The minimum atomic E-state index is -3.70. The second-order valence-corrected chi connectivity index (χ2v) is 5.78. The molecule has 0 amide bonds. The van der Waals surface area contributed by atoms with E-state index in [9.17, 15) is 13.5 Å². The predicted molar refractivity (Wildman–Crippen MR) is 71.8 cm³/mol. The van der Waals surface area contributed by atoms with Gasteiger partial charge in [-0.1, -0.05) is 0 Å². The summed E-state index contributed by atoms with van der Waals surface area (Å²) in [6.45, 7) is 1.67. The summed E-state index contributed by atoms with van der Waals surface area (Å²) in [5.41, 5.74) is 0.939. The van der Waals surface area contributed by atoms with Gasteiger partial charge in [0.25, 0.3) is 10.0 Å². The molecule has 0 atom stereocenters. The molecule has 3 N–H and O–H groups in total. The second-order valence-electron chi connectivity index (χ2n) is 4.10. The van der Waals surface area contributed by atoms with Gasteiger partial charge in [0.15, 0.2) is 0 Å². The van der Waals surface area contributed by atoms with Crippen molar-refractivity contribution in [3.8, 4) is 11.5 Å². The van der Waals surface area contributed by atoms with Gasteiger partial charge in [-0.2, -0.15) is 0 Å². The van der Waals surface area contributed by atoms with Crippen LogP contribution in [-0.4, -0.2) is 18.6 Å². The largest absolute Gasteiger partial charge is 0.508 e. The van der Waals surface area contributed by atoms with Crippen LogP contribution in [0.1, 0.15) is 5.56 Å². The highest BCUT2D eigenvalue weighted by Crippen LogP contribution is 2.23. The number of hydrogen-bond acceptors (Lipinski definition) is 4. The zero-order chi connectivity index (χ0) is 14.0. The van der Waals surface area contributed by atoms with Crippen molar-refractivity contribution in [2.75, 3.05) is 4.72 Å². The van der Waals surface area contributed by atoms with E-state index >= 15 is 0 Å². The molecule has 5 nitrogen and oxygen atoms in total. The van der Waals surface area contributed by atoms with Gasteiger partial charge in [-0.15, -0.1) is 0 Å². The molecule has 0 spiro atoms. The minimum absolute atomic E-state index is 0.000530. The Hall–Kier alpha value is -2.21. The summed E-state index contributed by atoms with van der Waals surface area (Å²) in [6, 6.07) is 9.65. The molecule has 19 heavy (non-hydrogen) atoms. The van der Waals surface area contributed by atoms with Gasteiger partial charge in [-0.25, -0.2) is 8.42 Å². The lowest BCUT2D eigenvalue weighted by Crippen LogP contribution is -2.12. The molecule has 2 rings (SSSR count). The van der Waals surface area contributed by atoms with E-state index in [1.165, 1.54) is 42.5 Å². The average Bonchev–Trinajstić information content (AvgIpc) is 2.34. The summed E-state index contributed by atoms with van der Waals surface area (Å²) in [7, 11) is -3.70. The Balaban J connectivity index is 2.30. The number of anilines is 1. The zero-order valence-corrected chi connectivity index (χ0v) is 11.0. The molecule has 0 saturated carbocycles. The van der Waals surface area contributed by atoms with Crippen LogP contribution >= 0.6 is 0 Å². The first-order valence-electron chi connectivity index (χ1n) is 5.50. The average molecular weight is 279 g/mol. The molecule has 2 aromatic carbocycles. The van der Waals surface area contributed by atoms with Crippen molar-refractivity contribution in [3.63, 3.8) is 0 Å². The third kappa shape index (κ3) is 2.97. The van der Waals surface area contributed by atoms with Crippen molar-refractivity contribution in [2.24, 2.45) is 0 Å². The van der Waals surface area contributed by atoms with Crippen molar-refractivity contribution in [1.29, 1.82) is 0 Å². The van der Waals surface area contributed by atoms with E-state index in [2.05, 4.69) is 4.72 Å². The fraction of sp³-hybridized carbons (Fsp3) is 0.0769. The van der Waals surface area contributed by atoms with Gasteiger partial charge < -0.3 is 10.2 Å². The maximum Gasteiger partial charge on any atom is 0.261 e. The number of sulfonamides is 1. The van der Waals surface area contributed by atoms with Crippen LogP contribution in [0.2, 0.25) is 0 Å². The first kappa shape index (κ1) is 13.2. The van der Waals surface area contributed by atoms with Gasteiger partial charge in [0.2, 0.25) is 0 Å². The minimum Gasteiger partial charge on any atom is -0.508 e. The number of aromatic hydroxyl groups is 2. The summed E-state index contributed by atoms with van der Waals surface area (Å²) in [6.07, 6.45) is 0. The van der Waals surface area contributed by atoms with E-state index < -0.39 is 10.0 Å². The topological polar surface area (TPSA) is 86.6 Å².